The number of hydrogen-bond donors (Lipinski definition) is 2. The molecule has 2 aliphatic rings. The zero-order valence-electron chi connectivity index (χ0n) is 19.5. The fraction of sp³-hybridized carbons (Fsp3) is 0.310. The molecule has 1 saturated heterocycles. The molecule has 1 heterocycles. The number of aromatic hydroxyl groups is 2. The summed E-state index contributed by atoms with van der Waals surface area (Å²) in [7, 11) is 0. The molecule has 4 heteroatoms. The van der Waals surface area contributed by atoms with Gasteiger partial charge >= 0.3 is 0 Å². The predicted octanol–water partition coefficient (Wildman–Crippen LogP) is 5.53. The van der Waals surface area contributed by atoms with Gasteiger partial charge < -0.3 is 15.1 Å². The summed E-state index contributed by atoms with van der Waals surface area (Å²) in [6.07, 6.45) is 1.74. The number of nitrogens with zero attached hydrogens (tertiary/aromatic N) is 2. The molecule has 3 aromatic rings. The first kappa shape index (κ1) is 21.6. The van der Waals surface area contributed by atoms with Gasteiger partial charge in [0.05, 0.1) is 0 Å². The Bertz CT molecular complexity index is 1170. The summed E-state index contributed by atoms with van der Waals surface area (Å²) in [5.41, 5.74) is 8.25. The molecular formula is C29H32N2O2. The molecular weight excluding hydrogens is 408 g/mol. The second-order valence-corrected chi connectivity index (χ2v) is 9.41. The molecule has 0 aromatic heterocycles. The third-order valence-electron chi connectivity index (χ3n) is 7.06. The highest BCUT2D eigenvalue weighted by Crippen LogP contribution is 2.42. The first-order valence-electron chi connectivity index (χ1n) is 11.9. The first-order chi connectivity index (χ1) is 16.0. The van der Waals surface area contributed by atoms with Crippen LogP contribution in [-0.2, 0) is 6.42 Å². The third-order valence-corrected chi connectivity index (χ3v) is 7.06. The highest BCUT2D eigenvalue weighted by atomic mass is 16.3. The highest BCUT2D eigenvalue weighted by Gasteiger charge is 2.23. The monoisotopic (exact) mass is 440 g/mol. The second-order valence-electron chi connectivity index (χ2n) is 9.41. The van der Waals surface area contributed by atoms with Crippen molar-refractivity contribution < 1.29 is 10.2 Å². The minimum Gasteiger partial charge on any atom is -0.508 e. The van der Waals surface area contributed by atoms with Crippen LogP contribution in [0, 0.1) is 0 Å². The molecule has 0 radical (unpaired) electrons. The van der Waals surface area contributed by atoms with Gasteiger partial charge in [0.25, 0.3) is 0 Å². The summed E-state index contributed by atoms with van der Waals surface area (Å²) < 4.78 is 0. The van der Waals surface area contributed by atoms with E-state index in [0.717, 1.165) is 50.1 Å². The Labute approximate surface area is 196 Å². The summed E-state index contributed by atoms with van der Waals surface area (Å²) in [6.45, 7) is 8.84. The fourth-order valence-electron chi connectivity index (χ4n) is 5.23. The van der Waals surface area contributed by atoms with Crippen LogP contribution in [0.1, 0.15) is 42.5 Å². The maximum atomic E-state index is 10.1. The van der Waals surface area contributed by atoms with E-state index in [1.807, 2.05) is 24.3 Å². The lowest BCUT2D eigenvalue weighted by atomic mass is 9.79. The van der Waals surface area contributed by atoms with Crippen molar-refractivity contribution in [2.75, 3.05) is 31.1 Å². The molecule has 1 aliphatic carbocycles. The van der Waals surface area contributed by atoms with Crippen molar-refractivity contribution in [2.45, 2.75) is 32.7 Å². The smallest absolute Gasteiger partial charge is 0.116 e. The molecule has 0 unspecified atom stereocenters. The Kier molecular flexibility index (Phi) is 5.86. The largest absolute Gasteiger partial charge is 0.508 e. The molecule has 5 rings (SSSR count). The molecule has 0 spiro atoms. The van der Waals surface area contributed by atoms with Gasteiger partial charge in [-0.1, -0.05) is 30.3 Å². The summed E-state index contributed by atoms with van der Waals surface area (Å²) >= 11 is 0. The normalized spacial score (nSPS) is 16.9. The Hall–Kier alpha value is -3.24. The van der Waals surface area contributed by atoms with Gasteiger partial charge in [-0.15, -0.1) is 0 Å². The lowest BCUT2D eigenvalue weighted by Crippen LogP contribution is -2.48. The fourth-order valence-corrected chi connectivity index (χ4v) is 5.23. The zero-order chi connectivity index (χ0) is 22.9. The summed E-state index contributed by atoms with van der Waals surface area (Å²) in [5, 5.41) is 20.1. The van der Waals surface area contributed by atoms with Crippen molar-refractivity contribution in [3.63, 3.8) is 0 Å². The average molecular weight is 441 g/mol. The summed E-state index contributed by atoms with van der Waals surface area (Å²) in [6, 6.07) is 22.8. The van der Waals surface area contributed by atoms with Gasteiger partial charge in [-0.25, -0.2) is 0 Å². The van der Waals surface area contributed by atoms with Crippen molar-refractivity contribution in [1.82, 2.24) is 4.90 Å². The molecule has 4 nitrogen and oxygen atoms in total. The van der Waals surface area contributed by atoms with Crippen molar-refractivity contribution in [1.29, 1.82) is 0 Å². The Balaban J connectivity index is 1.52. The minimum absolute atomic E-state index is 0.284. The number of phenols is 2. The van der Waals surface area contributed by atoms with Crippen LogP contribution in [0.3, 0.4) is 0 Å². The predicted molar refractivity (Wildman–Crippen MR) is 136 cm³/mol. The molecule has 2 N–H and O–H groups in total. The van der Waals surface area contributed by atoms with Crippen LogP contribution >= 0.6 is 0 Å². The van der Waals surface area contributed by atoms with E-state index >= 15 is 0 Å². The highest BCUT2D eigenvalue weighted by molar-refractivity contribution is 6.01. The van der Waals surface area contributed by atoms with Gasteiger partial charge in [-0.2, -0.15) is 0 Å². The van der Waals surface area contributed by atoms with Gasteiger partial charge in [-0.3, -0.25) is 4.90 Å². The van der Waals surface area contributed by atoms with E-state index in [-0.39, 0.29) is 5.75 Å². The Morgan fingerprint density at radius 1 is 0.727 bits per heavy atom. The lowest BCUT2D eigenvalue weighted by Gasteiger charge is -2.38. The number of rotatable bonds is 4. The number of piperazine rings is 1. The number of aryl methyl sites for hydroxylation is 1. The molecule has 1 fully saturated rings. The van der Waals surface area contributed by atoms with Crippen LogP contribution in [0.4, 0.5) is 5.69 Å². The van der Waals surface area contributed by atoms with Crippen molar-refractivity contribution in [2.24, 2.45) is 0 Å². The SMILES string of the molecule is CC(C)N1CCN(c2ccc(C3=C(c4cccc(O)c4)CCc4cc(O)ccc43)cc2)CC1. The van der Waals surface area contributed by atoms with Crippen LogP contribution in [0.5, 0.6) is 11.5 Å². The summed E-state index contributed by atoms with van der Waals surface area (Å²) in [5.74, 6) is 0.594. The van der Waals surface area contributed by atoms with Crippen LogP contribution in [0.15, 0.2) is 66.7 Å². The number of benzene rings is 3. The molecule has 33 heavy (non-hydrogen) atoms. The molecule has 0 bridgehead atoms. The number of phenolic OH excluding ortho intramolecular Hbond substituents is 2. The van der Waals surface area contributed by atoms with Gasteiger partial charge in [0.15, 0.2) is 0 Å². The zero-order valence-corrected chi connectivity index (χ0v) is 19.5. The van der Waals surface area contributed by atoms with Crippen molar-refractivity contribution in [3.8, 4) is 11.5 Å². The van der Waals surface area contributed by atoms with Gasteiger partial charge in [0, 0.05) is 37.9 Å². The van der Waals surface area contributed by atoms with Gasteiger partial charge in [0.1, 0.15) is 11.5 Å². The molecule has 0 amide bonds. The van der Waals surface area contributed by atoms with Crippen LogP contribution in [0.2, 0.25) is 0 Å². The maximum absolute atomic E-state index is 10.1. The van der Waals surface area contributed by atoms with E-state index in [9.17, 15) is 10.2 Å². The first-order valence-corrected chi connectivity index (χ1v) is 11.9. The van der Waals surface area contributed by atoms with E-state index in [1.54, 1.807) is 12.1 Å². The Morgan fingerprint density at radius 3 is 2.15 bits per heavy atom. The quantitative estimate of drug-likeness (QED) is 0.560. The second kappa shape index (κ2) is 8.95. The molecule has 0 saturated carbocycles. The van der Waals surface area contributed by atoms with Crippen molar-refractivity contribution >= 4 is 16.8 Å². The van der Waals surface area contributed by atoms with E-state index in [1.165, 1.54) is 28.0 Å². The standard InChI is InChI=1S/C29H32N2O2/c1-20(2)30-14-16-31(17-15-30)24-9-6-21(7-10-24)29-27(22-4-3-5-25(32)18-22)12-8-23-19-26(33)11-13-28(23)29/h3-7,9-11,13,18-20,32-33H,8,12,14-17H2,1-2H3. The van der Waals surface area contributed by atoms with E-state index in [4.69, 9.17) is 0 Å². The maximum Gasteiger partial charge on any atom is 0.116 e. The summed E-state index contributed by atoms with van der Waals surface area (Å²) in [4.78, 5) is 5.01. The number of allylic oxidation sites excluding steroid dienone is 1. The number of anilines is 1. The van der Waals surface area contributed by atoms with E-state index in [2.05, 4.69) is 54.0 Å². The topological polar surface area (TPSA) is 46.9 Å². The molecule has 1 aliphatic heterocycles. The average Bonchev–Trinajstić information content (AvgIpc) is 2.83. The molecule has 0 atom stereocenters. The minimum atomic E-state index is 0.284. The number of hydrogen-bond acceptors (Lipinski definition) is 4. The van der Waals surface area contributed by atoms with Crippen LogP contribution in [0.25, 0.3) is 11.1 Å². The lowest BCUT2D eigenvalue weighted by molar-refractivity contribution is 0.209. The molecule has 170 valence electrons. The van der Waals surface area contributed by atoms with Crippen LogP contribution < -0.4 is 4.90 Å². The van der Waals surface area contributed by atoms with Gasteiger partial charge in [0.2, 0.25) is 0 Å². The van der Waals surface area contributed by atoms with Crippen molar-refractivity contribution in [3.05, 3.63) is 89.0 Å². The van der Waals surface area contributed by atoms with Crippen LogP contribution in [-0.4, -0.2) is 47.3 Å². The van der Waals surface area contributed by atoms with Gasteiger partial charge in [-0.05, 0) is 96.5 Å². The Morgan fingerprint density at radius 2 is 1.45 bits per heavy atom. The molecule has 3 aromatic carbocycles. The van der Waals surface area contributed by atoms with E-state index < -0.39 is 0 Å². The number of fused-ring (bicyclic) bond motifs is 1. The third kappa shape index (κ3) is 4.36. The van der Waals surface area contributed by atoms with E-state index in [0.29, 0.717) is 11.8 Å².